The number of hydrogen-bond acceptors (Lipinski definition) is 0. The van der Waals surface area contributed by atoms with Crippen LogP contribution in [0.15, 0.2) is 24.3 Å². The molecule has 0 aliphatic rings. The summed E-state index contributed by atoms with van der Waals surface area (Å²) < 4.78 is 0. The van der Waals surface area contributed by atoms with E-state index in [9.17, 15) is 0 Å². The van der Waals surface area contributed by atoms with E-state index < -0.39 is 0 Å². The molecule has 16 heavy (non-hydrogen) atoms. The fraction of sp³-hybridized carbons (Fsp3) is 0.625. The fourth-order valence-corrected chi connectivity index (χ4v) is 2.21. The normalized spacial score (nSPS) is 13.8. The first-order valence-corrected chi connectivity index (χ1v) is 6.59. The Hall–Kier alpha value is -0.780. The van der Waals surface area contributed by atoms with Gasteiger partial charge in [-0.15, -0.1) is 0 Å². The van der Waals surface area contributed by atoms with Crippen LogP contribution in [0.4, 0.5) is 0 Å². The first-order valence-electron chi connectivity index (χ1n) is 6.59. The van der Waals surface area contributed by atoms with Crippen LogP contribution in [0, 0.1) is 0 Å². The first-order chi connectivity index (χ1) is 7.49. The molecular formula is C16H26. The lowest BCUT2D eigenvalue weighted by molar-refractivity contribution is 0.575. The van der Waals surface area contributed by atoms with Crippen LogP contribution in [0.5, 0.6) is 0 Å². The molecule has 0 saturated carbocycles. The molecule has 0 radical (unpaired) electrons. The van der Waals surface area contributed by atoms with Gasteiger partial charge in [-0.05, 0) is 35.3 Å². The maximum Gasteiger partial charge on any atom is -0.0132 e. The molecule has 1 aromatic rings. The Kier molecular flexibility index (Phi) is 4.58. The summed E-state index contributed by atoms with van der Waals surface area (Å²) >= 11 is 0. The number of hydrogen-bond donors (Lipinski definition) is 0. The third-order valence-electron chi connectivity index (χ3n) is 3.35. The predicted octanol–water partition coefficient (Wildman–Crippen LogP) is 5.28. The Morgan fingerprint density at radius 2 is 1.81 bits per heavy atom. The van der Waals surface area contributed by atoms with E-state index in [0.29, 0.717) is 0 Å². The molecule has 0 heteroatoms. The Bertz CT molecular complexity index is 317. The van der Waals surface area contributed by atoms with Crippen LogP contribution < -0.4 is 0 Å². The van der Waals surface area contributed by atoms with Gasteiger partial charge in [0.15, 0.2) is 0 Å². The topological polar surface area (TPSA) is 0 Å². The lowest BCUT2D eigenvalue weighted by Gasteiger charge is -2.22. The van der Waals surface area contributed by atoms with Crippen molar-refractivity contribution in [2.75, 3.05) is 0 Å². The maximum atomic E-state index is 2.41. The van der Waals surface area contributed by atoms with E-state index in [1.54, 1.807) is 0 Å². The van der Waals surface area contributed by atoms with Crippen molar-refractivity contribution in [3.63, 3.8) is 0 Å². The summed E-state index contributed by atoms with van der Waals surface area (Å²) in [6.45, 7) is 11.4. The van der Waals surface area contributed by atoms with Crippen molar-refractivity contribution in [2.45, 2.75) is 65.2 Å². The van der Waals surface area contributed by atoms with Gasteiger partial charge in [-0.3, -0.25) is 0 Å². The van der Waals surface area contributed by atoms with E-state index in [2.05, 4.69) is 58.9 Å². The van der Waals surface area contributed by atoms with Gasteiger partial charge >= 0.3 is 0 Å². The molecular weight excluding hydrogens is 192 g/mol. The average molecular weight is 218 g/mol. The second-order valence-corrected chi connectivity index (χ2v) is 5.77. The summed E-state index contributed by atoms with van der Waals surface area (Å²) in [6.07, 6.45) is 3.84. The van der Waals surface area contributed by atoms with Gasteiger partial charge < -0.3 is 0 Å². The molecule has 0 nitrogen and oxygen atoms in total. The molecule has 0 aliphatic carbocycles. The molecule has 0 spiro atoms. The van der Waals surface area contributed by atoms with Crippen molar-refractivity contribution in [1.29, 1.82) is 0 Å². The molecule has 0 amide bonds. The maximum absolute atomic E-state index is 2.41. The summed E-state index contributed by atoms with van der Waals surface area (Å²) in [7, 11) is 0. The lowest BCUT2D eigenvalue weighted by atomic mass is 9.83. The van der Waals surface area contributed by atoms with E-state index in [1.165, 1.54) is 30.4 Å². The largest absolute Gasteiger partial charge is 0.0654 e. The second kappa shape index (κ2) is 5.52. The van der Waals surface area contributed by atoms with E-state index in [4.69, 9.17) is 0 Å². The van der Waals surface area contributed by atoms with Gasteiger partial charge in [0.1, 0.15) is 0 Å². The summed E-state index contributed by atoms with van der Waals surface area (Å²) in [6, 6.07) is 9.17. The third kappa shape index (κ3) is 3.37. The molecule has 1 rings (SSSR count). The van der Waals surface area contributed by atoms with Crippen LogP contribution in [0.3, 0.4) is 0 Å². The summed E-state index contributed by atoms with van der Waals surface area (Å²) in [4.78, 5) is 0. The zero-order valence-corrected chi connectivity index (χ0v) is 11.5. The summed E-state index contributed by atoms with van der Waals surface area (Å²) in [5.41, 5.74) is 3.25. The van der Waals surface area contributed by atoms with Gasteiger partial charge in [-0.1, -0.05) is 65.3 Å². The van der Waals surface area contributed by atoms with Crippen molar-refractivity contribution >= 4 is 0 Å². The molecule has 0 N–H and O–H groups in total. The monoisotopic (exact) mass is 218 g/mol. The van der Waals surface area contributed by atoms with Gasteiger partial charge in [0.25, 0.3) is 0 Å². The standard InChI is InChI=1S/C16H26/c1-6-9-13(7-2)14-10-8-11-15(12-14)16(3,4)5/h8,10-13H,6-7,9H2,1-5H3. The fourth-order valence-electron chi connectivity index (χ4n) is 2.21. The van der Waals surface area contributed by atoms with Crippen LogP contribution >= 0.6 is 0 Å². The van der Waals surface area contributed by atoms with Crippen molar-refractivity contribution in [2.24, 2.45) is 0 Å². The lowest BCUT2D eigenvalue weighted by Crippen LogP contribution is -2.11. The minimum absolute atomic E-state index is 0.264. The Morgan fingerprint density at radius 1 is 1.12 bits per heavy atom. The molecule has 0 aliphatic heterocycles. The predicted molar refractivity (Wildman–Crippen MR) is 73.1 cm³/mol. The number of benzene rings is 1. The minimum atomic E-state index is 0.264. The first kappa shape index (κ1) is 13.3. The van der Waals surface area contributed by atoms with Gasteiger partial charge in [-0.2, -0.15) is 0 Å². The third-order valence-corrected chi connectivity index (χ3v) is 3.35. The molecule has 0 aromatic heterocycles. The Balaban J connectivity index is 2.97. The van der Waals surface area contributed by atoms with Crippen LogP contribution in [-0.4, -0.2) is 0 Å². The van der Waals surface area contributed by atoms with Crippen molar-refractivity contribution in [3.05, 3.63) is 35.4 Å². The summed E-state index contributed by atoms with van der Waals surface area (Å²) in [5, 5.41) is 0. The average Bonchev–Trinajstić information content (AvgIpc) is 2.25. The highest BCUT2D eigenvalue weighted by Crippen LogP contribution is 2.29. The minimum Gasteiger partial charge on any atom is -0.0654 e. The Labute approximate surface area is 101 Å². The quantitative estimate of drug-likeness (QED) is 0.645. The van der Waals surface area contributed by atoms with Gasteiger partial charge in [0.2, 0.25) is 0 Å². The zero-order chi connectivity index (χ0) is 12.2. The van der Waals surface area contributed by atoms with Gasteiger partial charge in [0, 0.05) is 0 Å². The second-order valence-electron chi connectivity index (χ2n) is 5.77. The van der Waals surface area contributed by atoms with Gasteiger partial charge in [-0.25, -0.2) is 0 Å². The molecule has 0 bridgehead atoms. The molecule has 0 fully saturated rings. The Morgan fingerprint density at radius 3 is 2.31 bits per heavy atom. The van der Waals surface area contributed by atoms with E-state index >= 15 is 0 Å². The SMILES string of the molecule is CCCC(CC)c1cccc(C(C)(C)C)c1. The van der Waals surface area contributed by atoms with E-state index in [0.717, 1.165) is 5.92 Å². The molecule has 0 saturated heterocycles. The highest BCUT2D eigenvalue weighted by atomic mass is 14.2. The van der Waals surface area contributed by atoms with Crippen molar-refractivity contribution in [3.8, 4) is 0 Å². The highest BCUT2D eigenvalue weighted by molar-refractivity contribution is 5.30. The molecule has 90 valence electrons. The van der Waals surface area contributed by atoms with E-state index in [1.807, 2.05) is 0 Å². The summed E-state index contributed by atoms with van der Waals surface area (Å²) in [5.74, 6) is 0.743. The molecule has 1 aromatic carbocycles. The molecule has 1 atom stereocenters. The molecule has 0 heterocycles. The van der Waals surface area contributed by atoms with Crippen LogP contribution in [0.1, 0.15) is 70.9 Å². The van der Waals surface area contributed by atoms with Crippen LogP contribution in [0.25, 0.3) is 0 Å². The van der Waals surface area contributed by atoms with Gasteiger partial charge in [0.05, 0.1) is 0 Å². The van der Waals surface area contributed by atoms with Crippen LogP contribution in [-0.2, 0) is 5.41 Å². The van der Waals surface area contributed by atoms with Crippen molar-refractivity contribution in [1.82, 2.24) is 0 Å². The number of rotatable bonds is 4. The highest BCUT2D eigenvalue weighted by Gasteiger charge is 2.15. The van der Waals surface area contributed by atoms with E-state index in [-0.39, 0.29) is 5.41 Å². The molecule has 1 unspecified atom stereocenters. The van der Waals surface area contributed by atoms with Crippen LogP contribution in [0.2, 0.25) is 0 Å². The zero-order valence-electron chi connectivity index (χ0n) is 11.5. The smallest absolute Gasteiger partial charge is 0.0132 e. The van der Waals surface area contributed by atoms with Crippen molar-refractivity contribution < 1.29 is 0 Å².